The highest BCUT2D eigenvalue weighted by molar-refractivity contribution is 6.01. The molecule has 0 radical (unpaired) electrons. The first-order chi connectivity index (χ1) is 13.1. The summed E-state index contributed by atoms with van der Waals surface area (Å²) in [5.74, 6) is -0.0403. The second kappa shape index (κ2) is 6.40. The summed E-state index contributed by atoms with van der Waals surface area (Å²) in [6.07, 6.45) is -3.42. The molecule has 146 valence electrons. The number of alkyl halides is 3. The molecule has 3 nitrogen and oxygen atoms in total. The van der Waals surface area contributed by atoms with Gasteiger partial charge < -0.3 is 10.6 Å². The van der Waals surface area contributed by atoms with Gasteiger partial charge >= 0.3 is 6.18 Å². The van der Waals surface area contributed by atoms with Crippen LogP contribution >= 0.6 is 0 Å². The van der Waals surface area contributed by atoms with Gasteiger partial charge in [-0.25, -0.2) is 0 Å². The molecule has 6 heteroatoms. The number of carbonyl (C=O) groups is 1. The number of rotatable bonds is 1. The summed E-state index contributed by atoms with van der Waals surface area (Å²) in [6, 6.07) is 12.1. The average molecular weight is 386 g/mol. The van der Waals surface area contributed by atoms with Crippen LogP contribution in [0.5, 0.6) is 0 Å². The standard InChI is InChI=1S/C22H21F3N2O/c1-21(2)11-17-19(18(28)12-21)20(27-16-9-4-3-8-15(16)26-17)13-6-5-7-14(10-13)22(23,24)25/h3-10,20,26-27H,11-12H2,1-2H3/t20-/m0/s1. The molecule has 0 saturated carbocycles. The summed E-state index contributed by atoms with van der Waals surface area (Å²) in [6.45, 7) is 4.06. The molecule has 0 saturated heterocycles. The van der Waals surface area contributed by atoms with Gasteiger partial charge in [-0.3, -0.25) is 4.79 Å². The van der Waals surface area contributed by atoms with Crippen molar-refractivity contribution in [3.05, 3.63) is 70.9 Å². The Labute approximate surface area is 161 Å². The number of anilines is 2. The summed E-state index contributed by atoms with van der Waals surface area (Å²) in [5.41, 5.74) is 2.37. The van der Waals surface area contributed by atoms with Gasteiger partial charge in [-0.05, 0) is 41.7 Å². The lowest BCUT2D eigenvalue weighted by Gasteiger charge is -2.34. The quantitative estimate of drug-likeness (QED) is 0.638. The van der Waals surface area contributed by atoms with Crippen molar-refractivity contribution in [1.29, 1.82) is 0 Å². The van der Waals surface area contributed by atoms with Gasteiger partial charge in [0.2, 0.25) is 0 Å². The lowest BCUT2D eigenvalue weighted by molar-refractivity contribution is -0.137. The van der Waals surface area contributed by atoms with Crippen molar-refractivity contribution in [1.82, 2.24) is 0 Å². The van der Waals surface area contributed by atoms with Crippen molar-refractivity contribution in [2.24, 2.45) is 5.41 Å². The number of para-hydroxylation sites is 2. The number of benzene rings is 2. The maximum Gasteiger partial charge on any atom is 0.416 e. The molecule has 0 fully saturated rings. The molecule has 0 bridgehead atoms. The fourth-order valence-corrected chi connectivity index (χ4v) is 4.03. The molecule has 1 aliphatic carbocycles. The van der Waals surface area contributed by atoms with Gasteiger partial charge in [0.05, 0.1) is 23.0 Å². The molecule has 2 aliphatic rings. The highest BCUT2D eigenvalue weighted by Gasteiger charge is 2.39. The van der Waals surface area contributed by atoms with Crippen LogP contribution in [0.15, 0.2) is 59.8 Å². The van der Waals surface area contributed by atoms with Crippen molar-refractivity contribution >= 4 is 17.2 Å². The number of hydrogen-bond donors (Lipinski definition) is 2. The minimum atomic E-state index is -4.44. The van der Waals surface area contributed by atoms with E-state index in [2.05, 4.69) is 10.6 Å². The Morgan fingerprint density at radius 2 is 1.71 bits per heavy atom. The molecule has 0 aromatic heterocycles. The molecule has 0 spiro atoms. The van der Waals surface area contributed by atoms with Crippen molar-refractivity contribution in [3.8, 4) is 0 Å². The molecular formula is C22H21F3N2O. The van der Waals surface area contributed by atoms with E-state index >= 15 is 0 Å². The Balaban J connectivity index is 1.88. The Hall–Kier alpha value is -2.76. The van der Waals surface area contributed by atoms with E-state index in [-0.39, 0.29) is 11.2 Å². The lowest BCUT2D eigenvalue weighted by Crippen LogP contribution is -2.31. The van der Waals surface area contributed by atoms with E-state index in [1.165, 1.54) is 6.07 Å². The minimum Gasteiger partial charge on any atom is -0.372 e. The summed E-state index contributed by atoms with van der Waals surface area (Å²) in [4.78, 5) is 13.1. The van der Waals surface area contributed by atoms with Gasteiger partial charge in [-0.1, -0.05) is 38.1 Å². The highest BCUT2D eigenvalue weighted by atomic mass is 19.4. The first-order valence-electron chi connectivity index (χ1n) is 9.20. The third-order valence-electron chi connectivity index (χ3n) is 5.27. The Bertz CT molecular complexity index is 976. The summed E-state index contributed by atoms with van der Waals surface area (Å²) in [5, 5.41) is 6.67. The van der Waals surface area contributed by atoms with Gasteiger partial charge in [-0.2, -0.15) is 13.2 Å². The second-order valence-corrected chi connectivity index (χ2v) is 8.20. The predicted octanol–water partition coefficient (Wildman–Crippen LogP) is 5.93. The van der Waals surface area contributed by atoms with Crippen LogP contribution in [0.4, 0.5) is 24.5 Å². The molecule has 1 atom stereocenters. The molecule has 2 N–H and O–H groups in total. The van der Waals surface area contributed by atoms with Crippen LogP contribution in [0, 0.1) is 5.41 Å². The SMILES string of the molecule is CC1(C)CC(=O)C2=C(C1)Nc1ccccc1N[C@H]2c1cccc(C(F)(F)F)c1. The van der Waals surface area contributed by atoms with Gasteiger partial charge in [0.15, 0.2) is 5.78 Å². The number of nitrogens with one attached hydrogen (secondary N) is 2. The van der Waals surface area contributed by atoms with Crippen LogP contribution in [0.2, 0.25) is 0 Å². The summed E-state index contributed by atoms with van der Waals surface area (Å²) in [7, 11) is 0. The van der Waals surface area contributed by atoms with Crippen molar-refractivity contribution in [2.75, 3.05) is 10.6 Å². The maximum absolute atomic E-state index is 13.3. The van der Waals surface area contributed by atoms with Crippen LogP contribution in [0.1, 0.15) is 43.9 Å². The number of fused-ring (bicyclic) bond motifs is 1. The number of carbonyl (C=O) groups excluding carboxylic acids is 1. The Morgan fingerprint density at radius 1 is 1.00 bits per heavy atom. The third-order valence-corrected chi connectivity index (χ3v) is 5.27. The monoisotopic (exact) mass is 386 g/mol. The topological polar surface area (TPSA) is 41.1 Å². The molecule has 28 heavy (non-hydrogen) atoms. The average Bonchev–Trinajstić information content (AvgIpc) is 2.76. The first kappa shape index (κ1) is 18.6. The summed E-state index contributed by atoms with van der Waals surface area (Å²) >= 11 is 0. The van der Waals surface area contributed by atoms with E-state index in [9.17, 15) is 18.0 Å². The van der Waals surface area contributed by atoms with Crippen molar-refractivity contribution in [3.63, 3.8) is 0 Å². The van der Waals surface area contributed by atoms with Crippen LogP contribution in [-0.4, -0.2) is 5.78 Å². The molecule has 2 aromatic rings. The molecule has 4 rings (SSSR count). The zero-order chi connectivity index (χ0) is 20.1. The normalized spacial score (nSPS) is 21.2. The number of Topliss-reactive ketones (excluding diaryl/α,β-unsaturated/α-hetero) is 1. The van der Waals surface area contributed by atoms with Crippen LogP contribution in [-0.2, 0) is 11.0 Å². The van der Waals surface area contributed by atoms with E-state index in [1.807, 2.05) is 38.1 Å². The van der Waals surface area contributed by atoms with Gasteiger partial charge in [0.1, 0.15) is 0 Å². The fourth-order valence-electron chi connectivity index (χ4n) is 4.03. The minimum absolute atomic E-state index is 0.0403. The van der Waals surface area contributed by atoms with Crippen LogP contribution in [0.25, 0.3) is 0 Å². The highest BCUT2D eigenvalue weighted by Crippen LogP contribution is 2.45. The van der Waals surface area contributed by atoms with E-state index in [0.717, 1.165) is 29.2 Å². The van der Waals surface area contributed by atoms with E-state index < -0.39 is 17.8 Å². The smallest absolute Gasteiger partial charge is 0.372 e. The Kier molecular flexibility index (Phi) is 4.25. The van der Waals surface area contributed by atoms with Crippen LogP contribution in [0.3, 0.4) is 0 Å². The van der Waals surface area contributed by atoms with E-state index in [0.29, 0.717) is 24.0 Å². The zero-order valence-corrected chi connectivity index (χ0v) is 15.7. The van der Waals surface area contributed by atoms with Gasteiger partial charge in [0.25, 0.3) is 0 Å². The zero-order valence-electron chi connectivity index (χ0n) is 15.7. The molecular weight excluding hydrogens is 365 g/mol. The molecule has 1 heterocycles. The van der Waals surface area contributed by atoms with Crippen molar-refractivity contribution in [2.45, 2.75) is 38.9 Å². The number of ketones is 1. The first-order valence-corrected chi connectivity index (χ1v) is 9.20. The number of hydrogen-bond acceptors (Lipinski definition) is 3. The molecule has 0 amide bonds. The fraction of sp³-hybridized carbons (Fsp3) is 0.318. The molecule has 0 unspecified atom stereocenters. The van der Waals surface area contributed by atoms with E-state index in [1.54, 1.807) is 6.07 Å². The van der Waals surface area contributed by atoms with Crippen molar-refractivity contribution < 1.29 is 18.0 Å². The molecule has 2 aromatic carbocycles. The predicted molar refractivity (Wildman–Crippen MR) is 103 cm³/mol. The largest absolute Gasteiger partial charge is 0.416 e. The van der Waals surface area contributed by atoms with Gasteiger partial charge in [-0.15, -0.1) is 0 Å². The second-order valence-electron chi connectivity index (χ2n) is 8.20. The number of halogens is 3. The van der Waals surface area contributed by atoms with E-state index in [4.69, 9.17) is 0 Å². The lowest BCUT2D eigenvalue weighted by atomic mass is 9.73. The Morgan fingerprint density at radius 3 is 2.43 bits per heavy atom. The maximum atomic E-state index is 13.3. The summed E-state index contributed by atoms with van der Waals surface area (Å²) < 4.78 is 39.8. The third kappa shape index (κ3) is 3.39. The molecule has 1 aliphatic heterocycles. The van der Waals surface area contributed by atoms with Crippen LogP contribution < -0.4 is 10.6 Å². The number of allylic oxidation sites excluding steroid dienone is 1. The van der Waals surface area contributed by atoms with Gasteiger partial charge in [0, 0.05) is 17.7 Å².